The Morgan fingerprint density at radius 3 is 2.80 bits per heavy atom. The van der Waals surface area contributed by atoms with Gasteiger partial charge in [0.2, 0.25) is 5.91 Å². The van der Waals surface area contributed by atoms with Crippen LogP contribution >= 0.6 is 0 Å². The van der Waals surface area contributed by atoms with Crippen LogP contribution in [0.3, 0.4) is 0 Å². The molecule has 2 atom stereocenters. The predicted molar refractivity (Wildman–Crippen MR) is 48.6 cm³/mol. The van der Waals surface area contributed by atoms with E-state index >= 15 is 0 Å². The maximum atomic E-state index is 12.6. The van der Waals surface area contributed by atoms with Crippen LogP contribution in [-0.4, -0.2) is 42.8 Å². The molecular weight excluding hydrogens is 208 g/mol. The smallest absolute Gasteiger partial charge is 0.287 e. The number of carbonyl (C=O) groups is 1. The van der Waals surface area contributed by atoms with Gasteiger partial charge in [-0.3, -0.25) is 4.79 Å². The molecule has 1 saturated heterocycles. The number of rotatable bonds is 4. The van der Waals surface area contributed by atoms with E-state index in [9.17, 15) is 13.6 Å². The summed E-state index contributed by atoms with van der Waals surface area (Å²) in [4.78, 5) is 11.4. The van der Waals surface area contributed by atoms with E-state index < -0.39 is 31.1 Å². The molecule has 0 radical (unpaired) electrons. The molecule has 4 nitrogen and oxygen atoms in total. The Bertz CT molecular complexity index is 235. The minimum atomic E-state index is -3.27. The van der Waals surface area contributed by atoms with E-state index in [1.165, 1.54) is 0 Å². The van der Waals surface area contributed by atoms with Crippen LogP contribution in [0.25, 0.3) is 0 Å². The SMILES string of the molecule is CC1CCOC1C(=O)NCC(F)(F)CO. The molecular formula is C9H15F2NO3. The fourth-order valence-electron chi connectivity index (χ4n) is 1.40. The number of halogens is 2. The van der Waals surface area contributed by atoms with Gasteiger partial charge in [0.15, 0.2) is 0 Å². The number of nitrogens with one attached hydrogen (secondary N) is 1. The van der Waals surface area contributed by atoms with Crippen molar-refractivity contribution in [3.8, 4) is 0 Å². The standard InChI is InChI=1S/C9H15F2NO3/c1-6-2-3-15-7(6)8(14)12-4-9(10,11)5-13/h6-7,13H,2-5H2,1H3,(H,12,14). The summed E-state index contributed by atoms with van der Waals surface area (Å²) in [7, 11) is 0. The second-order valence-corrected chi connectivity index (χ2v) is 3.79. The molecule has 0 aliphatic carbocycles. The summed E-state index contributed by atoms with van der Waals surface area (Å²) in [6.07, 6.45) is 0.119. The van der Waals surface area contributed by atoms with E-state index in [4.69, 9.17) is 9.84 Å². The molecule has 1 rings (SSSR count). The summed E-state index contributed by atoms with van der Waals surface area (Å²) in [6.45, 7) is 0.195. The lowest BCUT2D eigenvalue weighted by Crippen LogP contribution is -2.44. The topological polar surface area (TPSA) is 58.6 Å². The summed E-state index contributed by atoms with van der Waals surface area (Å²) >= 11 is 0. The van der Waals surface area contributed by atoms with Crippen molar-refractivity contribution in [1.82, 2.24) is 5.32 Å². The molecule has 1 aliphatic heterocycles. The van der Waals surface area contributed by atoms with Crippen LogP contribution in [0, 0.1) is 5.92 Å². The van der Waals surface area contributed by atoms with Gasteiger partial charge in [0.25, 0.3) is 5.92 Å². The van der Waals surface area contributed by atoms with Crippen LogP contribution in [0.4, 0.5) is 8.78 Å². The Morgan fingerprint density at radius 2 is 2.33 bits per heavy atom. The van der Waals surface area contributed by atoms with Crippen LogP contribution in [0.1, 0.15) is 13.3 Å². The van der Waals surface area contributed by atoms with Gasteiger partial charge in [-0.25, -0.2) is 8.78 Å². The molecule has 2 N–H and O–H groups in total. The molecule has 0 bridgehead atoms. The first-order valence-electron chi connectivity index (χ1n) is 4.84. The summed E-state index contributed by atoms with van der Waals surface area (Å²) in [5.74, 6) is -3.75. The maximum absolute atomic E-state index is 12.6. The number of aliphatic hydroxyl groups is 1. The van der Waals surface area contributed by atoms with Gasteiger partial charge in [0, 0.05) is 6.61 Å². The van der Waals surface area contributed by atoms with E-state index in [-0.39, 0.29) is 5.92 Å². The van der Waals surface area contributed by atoms with Gasteiger partial charge >= 0.3 is 0 Å². The third kappa shape index (κ3) is 3.39. The summed E-state index contributed by atoms with van der Waals surface area (Å²) in [5, 5.41) is 10.4. The average Bonchev–Trinajstić information content (AvgIpc) is 2.61. The van der Waals surface area contributed by atoms with Gasteiger partial charge in [-0.2, -0.15) is 0 Å². The van der Waals surface area contributed by atoms with Crippen molar-refractivity contribution in [2.75, 3.05) is 19.8 Å². The Morgan fingerprint density at radius 1 is 1.67 bits per heavy atom. The van der Waals surface area contributed by atoms with E-state index in [2.05, 4.69) is 5.32 Å². The third-order valence-electron chi connectivity index (χ3n) is 2.40. The number of hydrogen-bond acceptors (Lipinski definition) is 3. The maximum Gasteiger partial charge on any atom is 0.287 e. The molecule has 0 aromatic rings. The van der Waals surface area contributed by atoms with Gasteiger partial charge in [-0.1, -0.05) is 6.92 Å². The number of carbonyl (C=O) groups excluding carboxylic acids is 1. The highest BCUT2D eigenvalue weighted by Gasteiger charge is 2.34. The van der Waals surface area contributed by atoms with Crippen LogP contribution in [-0.2, 0) is 9.53 Å². The van der Waals surface area contributed by atoms with Gasteiger partial charge < -0.3 is 15.2 Å². The fraction of sp³-hybridized carbons (Fsp3) is 0.889. The van der Waals surface area contributed by atoms with Crippen LogP contribution in [0.5, 0.6) is 0 Å². The summed E-state index contributed by atoms with van der Waals surface area (Å²) in [6, 6.07) is 0. The molecule has 6 heteroatoms. The second kappa shape index (κ2) is 4.85. The van der Waals surface area contributed by atoms with E-state index in [1.807, 2.05) is 6.92 Å². The van der Waals surface area contributed by atoms with Crippen LogP contribution < -0.4 is 5.32 Å². The lowest BCUT2D eigenvalue weighted by Gasteiger charge is -2.18. The van der Waals surface area contributed by atoms with E-state index in [0.29, 0.717) is 6.61 Å². The van der Waals surface area contributed by atoms with Crippen molar-refractivity contribution >= 4 is 5.91 Å². The highest BCUT2D eigenvalue weighted by Crippen LogP contribution is 2.20. The fourth-order valence-corrected chi connectivity index (χ4v) is 1.40. The molecule has 88 valence electrons. The van der Waals surface area contributed by atoms with Crippen molar-refractivity contribution < 1.29 is 23.4 Å². The molecule has 0 aromatic heterocycles. The third-order valence-corrected chi connectivity index (χ3v) is 2.40. The van der Waals surface area contributed by atoms with E-state index in [0.717, 1.165) is 6.42 Å². The minimum Gasteiger partial charge on any atom is -0.390 e. The predicted octanol–water partition coefficient (Wildman–Crippen LogP) is 0.155. The van der Waals surface area contributed by atoms with Gasteiger partial charge in [0.1, 0.15) is 12.7 Å². The second-order valence-electron chi connectivity index (χ2n) is 3.79. The Hall–Kier alpha value is -0.750. The molecule has 0 spiro atoms. The van der Waals surface area contributed by atoms with Crippen molar-refractivity contribution in [2.45, 2.75) is 25.4 Å². The zero-order valence-electron chi connectivity index (χ0n) is 8.50. The monoisotopic (exact) mass is 223 g/mol. The molecule has 2 unspecified atom stereocenters. The quantitative estimate of drug-likeness (QED) is 0.713. The van der Waals surface area contributed by atoms with Crippen LogP contribution in [0.2, 0.25) is 0 Å². The Kier molecular flexibility index (Phi) is 3.98. The first kappa shape index (κ1) is 12.3. The van der Waals surface area contributed by atoms with E-state index in [1.54, 1.807) is 0 Å². The number of hydrogen-bond donors (Lipinski definition) is 2. The normalized spacial score (nSPS) is 26.7. The minimum absolute atomic E-state index is 0.0488. The molecule has 1 heterocycles. The number of aliphatic hydroxyl groups excluding tert-OH is 1. The van der Waals surface area contributed by atoms with Crippen molar-refractivity contribution in [3.05, 3.63) is 0 Å². The van der Waals surface area contributed by atoms with Crippen molar-refractivity contribution in [1.29, 1.82) is 0 Å². The zero-order chi connectivity index (χ0) is 11.5. The average molecular weight is 223 g/mol. The van der Waals surface area contributed by atoms with Gasteiger partial charge in [-0.15, -0.1) is 0 Å². The first-order valence-corrected chi connectivity index (χ1v) is 4.84. The molecule has 1 aliphatic rings. The molecule has 0 saturated carbocycles. The Balaban J connectivity index is 2.36. The number of amides is 1. The zero-order valence-corrected chi connectivity index (χ0v) is 8.50. The first-order chi connectivity index (χ1) is 6.96. The largest absolute Gasteiger partial charge is 0.390 e. The van der Waals surface area contributed by atoms with Gasteiger partial charge in [-0.05, 0) is 12.3 Å². The van der Waals surface area contributed by atoms with Gasteiger partial charge in [0.05, 0.1) is 6.54 Å². The highest BCUT2D eigenvalue weighted by molar-refractivity contribution is 5.81. The Labute approximate surface area is 86.6 Å². The molecule has 0 aromatic carbocycles. The number of alkyl halides is 2. The summed E-state index contributed by atoms with van der Waals surface area (Å²) < 4.78 is 30.3. The van der Waals surface area contributed by atoms with Crippen LogP contribution in [0.15, 0.2) is 0 Å². The lowest BCUT2D eigenvalue weighted by atomic mass is 10.0. The van der Waals surface area contributed by atoms with Crippen molar-refractivity contribution in [2.24, 2.45) is 5.92 Å². The lowest BCUT2D eigenvalue weighted by molar-refractivity contribution is -0.134. The molecule has 1 amide bonds. The number of ether oxygens (including phenoxy) is 1. The molecule has 15 heavy (non-hydrogen) atoms. The summed E-state index contributed by atoms with van der Waals surface area (Å²) in [5.41, 5.74) is 0. The van der Waals surface area contributed by atoms with Crippen molar-refractivity contribution in [3.63, 3.8) is 0 Å². The highest BCUT2D eigenvalue weighted by atomic mass is 19.3. The molecule has 1 fully saturated rings.